The highest BCUT2D eigenvalue weighted by Gasteiger charge is 2.16. The van der Waals surface area contributed by atoms with E-state index in [4.69, 9.17) is 0 Å². The molecule has 0 aromatic heterocycles. The molecule has 21 heavy (non-hydrogen) atoms. The molecule has 0 atom stereocenters. The second-order valence-corrected chi connectivity index (χ2v) is 7.03. The van der Waals surface area contributed by atoms with E-state index in [9.17, 15) is 4.79 Å². The fourth-order valence-electron chi connectivity index (χ4n) is 2.46. The zero-order valence-electron chi connectivity index (χ0n) is 11.4. The van der Waals surface area contributed by atoms with E-state index in [1.807, 2.05) is 48.5 Å². The van der Waals surface area contributed by atoms with Crippen LogP contribution < -0.4 is 0 Å². The zero-order chi connectivity index (χ0) is 15.0. The fraction of sp³-hybridized carbons (Fsp3) is 0.0556. The molecule has 0 saturated heterocycles. The Bertz CT molecular complexity index is 855. The molecule has 0 unspecified atom stereocenters. The van der Waals surface area contributed by atoms with Gasteiger partial charge in [-0.3, -0.25) is 4.79 Å². The van der Waals surface area contributed by atoms with E-state index in [0.29, 0.717) is 5.56 Å². The predicted molar refractivity (Wildman–Crippen MR) is 99.0 cm³/mol. The molecule has 0 fully saturated rings. The summed E-state index contributed by atoms with van der Waals surface area (Å²) in [4.78, 5) is 12.9. The molecule has 0 radical (unpaired) electrons. The Kier molecular flexibility index (Phi) is 4.13. The summed E-state index contributed by atoms with van der Waals surface area (Å²) in [7, 11) is 0. The molecular weight excluding hydrogens is 439 g/mol. The number of rotatable bonds is 2. The van der Waals surface area contributed by atoms with Gasteiger partial charge in [-0.2, -0.15) is 0 Å². The lowest BCUT2D eigenvalue weighted by Crippen LogP contribution is -2.04. The van der Waals surface area contributed by atoms with E-state index in [1.54, 1.807) is 0 Å². The Morgan fingerprint density at radius 1 is 0.952 bits per heavy atom. The molecule has 3 aromatic carbocycles. The van der Waals surface area contributed by atoms with Crippen molar-refractivity contribution in [3.8, 4) is 0 Å². The fourth-order valence-corrected chi connectivity index (χ4v) is 3.38. The molecule has 0 aliphatic carbocycles. The molecule has 104 valence electrons. The van der Waals surface area contributed by atoms with Gasteiger partial charge in [0, 0.05) is 19.2 Å². The molecule has 3 aromatic rings. The smallest absolute Gasteiger partial charge is 0.194 e. The summed E-state index contributed by atoms with van der Waals surface area (Å²) in [5.74, 6) is 0.0524. The van der Waals surface area contributed by atoms with Gasteiger partial charge in [0.25, 0.3) is 0 Å². The number of halogens is 2. The molecule has 0 aliphatic heterocycles. The van der Waals surface area contributed by atoms with Crippen LogP contribution in [0.4, 0.5) is 0 Å². The maximum atomic E-state index is 12.9. The SMILES string of the molecule is Cc1ccc(C(=O)c2cc(I)ccc2Br)c2ccccc12. The maximum Gasteiger partial charge on any atom is 0.194 e. The minimum absolute atomic E-state index is 0.0524. The van der Waals surface area contributed by atoms with Crippen LogP contribution in [-0.4, -0.2) is 5.78 Å². The third kappa shape index (κ3) is 2.77. The van der Waals surface area contributed by atoms with Crippen molar-refractivity contribution in [3.05, 3.63) is 79.3 Å². The Labute approximate surface area is 145 Å². The van der Waals surface area contributed by atoms with Crippen LogP contribution in [0.5, 0.6) is 0 Å². The number of fused-ring (bicyclic) bond motifs is 1. The molecule has 0 amide bonds. The lowest BCUT2D eigenvalue weighted by atomic mass is 9.95. The first-order chi connectivity index (χ1) is 10.1. The van der Waals surface area contributed by atoms with Gasteiger partial charge in [0.15, 0.2) is 5.78 Å². The van der Waals surface area contributed by atoms with Crippen molar-refractivity contribution in [1.82, 2.24) is 0 Å². The molecule has 0 saturated carbocycles. The second kappa shape index (κ2) is 5.89. The summed E-state index contributed by atoms with van der Waals surface area (Å²) in [6.07, 6.45) is 0. The lowest BCUT2D eigenvalue weighted by Gasteiger charge is -2.10. The van der Waals surface area contributed by atoms with Crippen LogP contribution in [0.3, 0.4) is 0 Å². The Morgan fingerprint density at radius 2 is 1.67 bits per heavy atom. The molecule has 0 bridgehead atoms. The molecule has 3 rings (SSSR count). The van der Waals surface area contributed by atoms with E-state index >= 15 is 0 Å². The van der Waals surface area contributed by atoms with Crippen LogP contribution in [-0.2, 0) is 0 Å². The van der Waals surface area contributed by atoms with Crippen molar-refractivity contribution in [2.24, 2.45) is 0 Å². The van der Waals surface area contributed by atoms with Crippen molar-refractivity contribution in [3.63, 3.8) is 0 Å². The van der Waals surface area contributed by atoms with E-state index in [0.717, 1.165) is 24.4 Å². The second-order valence-electron chi connectivity index (χ2n) is 4.93. The number of hydrogen-bond donors (Lipinski definition) is 0. The zero-order valence-corrected chi connectivity index (χ0v) is 15.1. The van der Waals surface area contributed by atoms with Gasteiger partial charge >= 0.3 is 0 Å². The normalized spacial score (nSPS) is 10.8. The third-order valence-corrected chi connectivity index (χ3v) is 4.92. The minimum Gasteiger partial charge on any atom is -0.289 e. The third-order valence-electron chi connectivity index (χ3n) is 3.56. The summed E-state index contributed by atoms with van der Waals surface area (Å²) in [5.41, 5.74) is 2.64. The Morgan fingerprint density at radius 3 is 2.43 bits per heavy atom. The van der Waals surface area contributed by atoms with Gasteiger partial charge in [-0.25, -0.2) is 0 Å². The summed E-state index contributed by atoms with van der Waals surface area (Å²) in [6, 6.07) is 17.8. The van der Waals surface area contributed by atoms with Gasteiger partial charge in [-0.05, 0) is 64.0 Å². The highest BCUT2D eigenvalue weighted by molar-refractivity contribution is 14.1. The van der Waals surface area contributed by atoms with Crippen LogP contribution in [0.1, 0.15) is 21.5 Å². The van der Waals surface area contributed by atoms with Crippen LogP contribution in [0.2, 0.25) is 0 Å². The van der Waals surface area contributed by atoms with Crippen molar-refractivity contribution >= 4 is 55.1 Å². The summed E-state index contributed by atoms with van der Waals surface area (Å²) in [5, 5.41) is 2.14. The monoisotopic (exact) mass is 450 g/mol. The van der Waals surface area contributed by atoms with Gasteiger partial charge in [0.2, 0.25) is 0 Å². The number of hydrogen-bond acceptors (Lipinski definition) is 1. The largest absolute Gasteiger partial charge is 0.289 e. The number of carbonyl (C=O) groups excluding carboxylic acids is 1. The number of aryl methyl sites for hydroxylation is 1. The molecule has 0 spiro atoms. The molecule has 0 heterocycles. The van der Waals surface area contributed by atoms with Crippen LogP contribution in [0.25, 0.3) is 10.8 Å². The van der Waals surface area contributed by atoms with Gasteiger partial charge in [-0.1, -0.05) is 52.3 Å². The standard InChI is InChI=1S/C18H12BrIO/c1-11-6-8-15(14-5-3-2-4-13(11)14)18(21)16-10-12(20)7-9-17(16)19/h2-10H,1H3. The van der Waals surface area contributed by atoms with E-state index in [-0.39, 0.29) is 5.78 Å². The average molecular weight is 451 g/mol. The average Bonchev–Trinajstić information content (AvgIpc) is 2.50. The summed E-state index contributed by atoms with van der Waals surface area (Å²) >= 11 is 5.71. The van der Waals surface area contributed by atoms with Gasteiger partial charge < -0.3 is 0 Å². The van der Waals surface area contributed by atoms with Crippen molar-refractivity contribution in [2.75, 3.05) is 0 Å². The highest BCUT2D eigenvalue weighted by atomic mass is 127. The number of benzene rings is 3. The summed E-state index contributed by atoms with van der Waals surface area (Å²) in [6.45, 7) is 2.07. The van der Waals surface area contributed by atoms with Gasteiger partial charge in [0.1, 0.15) is 0 Å². The van der Waals surface area contributed by atoms with Crippen LogP contribution in [0.15, 0.2) is 59.1 Å². The lowest BCUT2D eigenvalue weighted by molar-refractivity contribution is 0.103. The minimum atomic E-state index is 0.0524. The summed E-state index contributed by atoms with van der Waals surface area (Å²) < 4.78 is 1.88. The van der Waals surface area contributed by atoms with E-state index in [1.165, 1.54) is 5.56 Å². The molecule has 3 heteroatoms. The quantitative estimate of drug-likeness (QED) is 0.359. The van der Waals surface area contributed by atoms with E-state index in [2.05, 4.69) is 51.5 Å². The Hall–Kier alpha value is -1.20. The molecule has 1 nitrogen and oxygen atoms in total. The predicted octanol–water partition coefficient (Wildman–Crippen LogP) is 5.75. The first-order valence-electron chi connectivity index (χ1n) is 6.56. The molecular formula is C18H12BrIO. The topological polar surface area (TPSA) is 17.1 Å². The first-order valence-corrected chi connectivity index (χ1v) is 8.43. The molecule has 0 aliphatic rings. The first kappa shape index (κ1) is 14.7. The number of carbonyl (C=O) groups is 1. The number of ketones is 1. The van der Waals surface area contributed by atoms with Gasteiger partial charge in [0.05, 0.1) is 0 Å². The van der Waals surface area contributed by atoms with Gasteiger partial charge in [-0.15, -0.1) is 0 Å². The Balaban J connectivity index is 2.23. The van der Waals surface area contributed by atoms with E-state index < -0.39 is 0 Å². The van der Waals surface area contributed by atoms with Crippen LogP contribution >= 0.6 is 38.5 Å². The van der Waals surface area contributed by atoms with Crippen LogP contribution in [0, 0.1) is 10.5 Å². The van der Waals surface area contributed by atoms with Crippen molar-refractivity contribution < 1.29 is 4.79 Å². The van der Waals surface area contributed by atoms with Crippen molar-refractivity contribution in [1.29, 1.82) is 0 Å². The highest BCUT2D eigenvalue weighted by Crippen LogP contribution is 2.27. The van der Waals surface area contributed by atoms with Crippen molar-refractivity contribution in [2.45, 2.75) is 6.92 Å². The molecule has 0 N–H and O–H groups in total. The maximum absolute atomic E-state index is 12.9.